The van der Waals surface area contributed by atoms with Gasteiger partial charge in [-0.05, 0) is 37.0 Å². The number of hydrogen-bond donors (Lipinski definition) is 1. The highest BCUT2D eigenvalue weighted by Crippen LogP contribution is 2.24. The predicted octanol–water partition coefficient (Wildman–Crippen LogP) is 2.66. The van der Waals surface area contributed by atoms with E-state index in [2.05, 4.69) is 0 Å². The number of likely N-dealkylation sites (tertiary alicyclic amines) is 1. The minimum atomic E-state index is -0.829. The van der Waals surface area contributed by atoms with Crippen molar-refractivity contribution in [1.29, 1.82) is 0 Å². The van der Waals surface area contributed by atoms with Gasteiger partial charge in [0.05, 0.1) is 12.5 Å². The standard InChI is InChI=1S/C17H23NO4/c1-3-7-22-15-6-4-5-13(9-15)16(19)18-10-12(2)8-14(11-18)17(20)21/h4-6,9,12,14H,3,7-8,10-11H2,1-2H3,(H,20,21). The molecule has 1 saturated heterocycles. The van der Waals surface area contributed by atoms with Gasteiger partial charge in [-0.2, -0.15) is 0 Å². The van der Waals surface area contributed by atoms with Crippen LogP contribution in [0, 0.1) is 11.8 Å². The van der Waals surface area contributed by atoms with Crippen LogP contribution in [0.2, 0.25) is 0 Å². The summed E-state index contributed by atoms with van der Waals surface area (Å²) in [7, 11) is 0. The van der Waals surface area contributed by atoms with Crippen LogP contribution in [0.1, 0.15) is 37.0 Å². The lowest BCUT2D eigenvalue weighted by atomic mass is 9.90. The Morgan fingerprint density at radius 2 is 2.14 bits per heavy atom. The average Bonchev–Trinajstić information content (AvgIpc) is 2.51. The van der Waals surface area contributed by atoms with Crippen molar-refractivity contribution in [2.45, 2.75) is 26.7 Å². The van der Waals surface area contributed by atoms with E-state index in [-0.39, 0.29) is 18.4 Å². The number of aliphatic carboxylic acids is 1. The molecule has 0 aliphatic carbocycles. The minimum absolute atomic E-state index is 0.125. The monoisotopic (exact) mass is 305 g/mol. The van der Waals surface area contributed by atoms with Gasteiger partial charge in [0.15, 0.2) is 0 Å². The third-order valence-electron chi connectivity index (χ3n) is 3.85. The fourth-order valence-electron chi connectivity index (χ4n) is 2.82. The zero-order valence-corrected chi connectivity index (χ0v) is 13.1. The van der Waals surface area contributed by atoms with Gasteiger partial charge in [-0.25, -0.2) is 0 Å². The van der Waals surface area contributed by atoms with E-state index in [0.717, 1.165) is 6.42 Å². The number of ether oxygens (including phenoxy) is 1. The van der Waals surface area contributed by atoms with Crippen molar-refractivity contribution in [3.05, 3.63) is 29.8 Å². The van der Waals surface area contributed by atoms with Gasteiger partial charge in [-0.3, -0.25) is 9.59 Å². The third kappa shape index (κ3) is 4.00. The summed E-state index contributed by atoms with van der Waals surface area (Å²) in [5.41, 5.74) is 0.548. The number of rotatable bonds is 5. The van der Waals surface area contributed by atoms with Crippen molar-refractivity contribution in [3.63, 3.8) is 0 Å². The van der Waals surface area contributed by atoms with Crippen LogP contribution in [-0.2, 0) is 4.79 Å². The summed E-state index contributed by atoms with van der Waals surface area (Å²) in [5, 5.41) is 9.21. The molecule has 5 heteroatoms. The van der Waals surface area contributed by atoms with Crippen molar-refractivity contribution in [1.82, 2.24) is 4.90 Å². The van der Waals surface area contributed by atoms with Gasteiger partial charge in [-0.15, -0.1) is 0 Å². The van der Waals surface area contributed by atoms with Crippen molar-refractivity contribution in [3.8, 4) is 5.75 Å². The van der Waals surface area contributed by atoms with Gasteiger partial charge in [0.1, 0.15) is 5.75 Å². The minimum Gasteiger partial charge on any atom is -0.494 e. The van der Waals surface area contributed by atoms with Gasteiger partial charge in [-0.1, -0.05) is 19.9 Å². The lowest BCUT2D eigenvalue weighted by Gasteiger charge is -2.34. The number of nitrogens with zero attached hydrogens (tertiary/aromatic N) is 1. The summed E-state index contributed by atoms with van der Waals surface area (Å²) in [4.78, 5) is 25.5. The Kier molecular flexibility index (Phi) is 5.41. The molecule has 0 aromatic heterocycles. The topological polar surface area (TPSA) is 66.8 Å². The van der Waals surface area contributed by atoms with E-state index in [9.17, 15) is 14.7 Å². The zero-order valence-electron chi connectivity index (χ0n) is 13.1. The Hall–Kier alpha value is -2.04. The van der Waals surface area contributed by atoms with Crippen molar-refractivity contribution in [2.24, 2.45) is 11.8 Å². The number of hydrogen-bond acceptors (Lipinski definition) is 3. The van der Waals surface area contributed by atoms with E-state index < -0.39 is 11.9 Å². The normalized spacial score (nSPS) is 21.5. The van der Waals surface area contributed by atoms with Crippen LogP contribution in [0.5, 0.6) is 5.75 Å². The van der Waals surface area contributed by atoms with Crippen LogP contribution in [0.4, 0.5) is 0 Å². The molecule has 0 bridgehead atoms. The van der Waals surface area contributed by atoms with Gasteiger partial charge in [0.25, 0.3) is 5.91 Å². The molecule has 1 aromatic rings. The molecule has 2 rings (SSSR count). The summed E-state index contributed by atoms with van der Waals surface area (Å²) in [6, 6.07) is 7.09. The molecule has 0 spiro atoms. The van der Waals surface area contributed by atoms with E-state index in [1.807, 2.05) is 19.9 Å². The second kappa shape index (κ2) is 7.29. The van der Waals surface area contributed by atoms with Crippen molar-refractivity contribution in [2.75, 3.05) is 19.7 Å². The van der Waals surface area contributed by atoms with Gasteiger partial charge >= 0.3 is 5.97 Å². The number of carboxylic acid groups (broad SMARTS) is 1. The molecular formula is C17H23NO4. The highest BCUT2D eigenvalue weighted by Gasteiger charge is 2.32. The lowest BCUT2D eigenvalue weighted by molar-refractivity contribution is -0.143. The molecule has 2 unspecified atom stereocenters. The SMILES string of the molecule is CCCOc1cccc(C(=O)N2CC(C)CC(C(=O)O)C2)c1. The van der Waals surface area contributed by atoms with Crippen LogP contribution in [0.15, 0.2) is 24.3 Å². The maximum atomic E-state index is 12.6. The summed E-state index contributed by atoms with van der Waals surface area (Å²) < 4.78 is 5.55. The first-order valence-corrected chi connectivity index (χ1v) is 7.76. The molecule has 1 aliphatic heterocycles. The largest absolute Gasteiger partial charge is 0.494 e. The van der Waals surface area contributed by atoms with Crippen LogP contribution in [0.3, 0.4) is 0 Å². The smallest absolute Gasteiger partial charge is 0.308 e. The first-order valence-electron chi connectivity index (χ1n) is 7.76. The summed E-state index contributed by atoms with van der Waals surface area (Å²) in [6.07, 6.45) is 1.53. The van der Waals surface area contributed by atoms with E-state index in [0.29, 0.717) is 30.9 Å². The lowest BCUT2D eigenvalue weighted by Crippen LogP contribution is -2.45. The molecule has 22 heavy (non-hydrogen) atoms. The van der Waals surface area contributed by atoms with E-state index >= 15 is 0 Å². The van der Waals surface area contributed by atoms with E-state index in [1.165, 1.54) is 0 Å². The molecule has 0 radical (unpaired) electrons. The zero-order chi connectivity index (χ0) is 16.1. The number of carbonyl (C=O) groups excluding carboxylic acids is 1. The number of piperidine rings is 1. The molecule has 1 aliphatic rings. The van der Waals surface area contributed by atoms with Crippen molar-refractivity contribution < 1.29 is 19.4 Å². The molecule has 1 amide bonds. The summed E-state index contributed by atoms with van der Waals surface area (Å²) in [5.74, 6) is -0.567. The van der Waals surface area contributed by atoms with E-state index in [1.54, 1.807) is 23.1 Å². The first kappa shape index (κ1) is 16.3. The van der Waals surface area contributed by atoms with Crippen LogP contribution >= 0.6 is 0 Å². The highest BCUT2D eigenvalue weighted by atomic mass is 16.5. The fraction of sp³-hybridized carbons (Fsp3) is 0.529. The summed E-state index contributed by atoms with van der Waals surface area (Å²) in [6.45, 7) is 5.49. The van der Waals surface area contributed by atoms with Gasteiger partial charge in [0.2, 0.25) is 0 Å². The Morgan fingerprint density at radius 3 is 2.82 bits per heavy atom. The molecular weight excluding hydrogens is 282 g/mol. The number of amides is 1. The molecule has 1 heterocycles. The average molecular weight is 305 g/mol. The van der Waals surface area contributed by atoms with Crippen LogP contribution < -0.4 is 4.74 Å². The number of carbonyl (C=O) groups is 2. The van der Waals surface area contributed by atoms with Gasteiger partial charge < -0.3 is 14.7 Å². The van der Waals surface area contributed by atoms with Gasteiger partial charge in [0, 0.05) is 18.7 Å². The van der Waals surface area contributed by atoms with Crippen molar-refractivity contribution >= 4 is 11.9 Å². The molecule has 1 fully saturated rings. The third-order valence-corrected chi connectivity index (χ3v) is 3.85. The quantitative estimate of drug-likeness (QED) is 0.908. The molecule has 1 aromatic carbocycles. The van der Waals surface area contributed by atoms with Crippen LogP contribution in [-0.4, -0.2) is 41.6 Å². The molecule has 120 valence electrons. The molecule has 2 atom stereocenters. The molecule has 5 nitrogen and oxygen atoms in total. The molecule has 1 N–H and O–H groups in total. The Morgan fingerprint density at radius 1 is 1.36 bits per heavy atom. The molecule has 0 saturated carbocycles. The second-order valence-corrected chi connectivity index (χ2v) is 5.96. The first-order chi connectivity index (χ1) is 10.5. The Labute approximate surface area is 130 Å². The maximum Gasteiger partial charge on any atom is 0.308 e. The Bertz CT molecular complexity index is 543. The second-order valence-electron chi connectivity index (χ2n) is 5.96. The highest BCUT2D eigenvalue weighted by molar-refractivity contribution is 5.95. The van der Waals surface area contributed by atoms with Crippen LogP contribution in [0.25, 0.3) is 0 Å². The Balaban J connectivity index is 2.11. The summed E-state index contributed by atoms with van der Waals surface area (Å²) >= 11 is 0. The number of carboxylic acids is 1. The fourth-order valence-corrected chi connectivity index (χ4v) is 2.82. The van der Waals surface area contributed by atoms with E-state index in [4.69, 9.17) is 4.74 Å². The number of benzene rings is 1. The maximum absolute atomic E-state index is 12.6. The predicted molar refractivity (Wildman–Crippen MR) is 83.0 cm³/mol.